The normalized spacial score (nSPS) is 17.1. The predicted octanol–water partition coefficient (Wildman–Crippen LogP) is 1.36. The van der Waals surface area contributed by atoms with Gasteiger partial charge in [-0.25, -0.2) is 18.1 Å². The fraction of sp³-hybridized carbons (Fsp3) is 0.500. The first kappa shape index (κ1) is 11.5. The molecule has 1 saturated carbocycles. The molecule has 1 heterocycles. The molecular formula is C10H13FN2O2S. The molecule has 16 heavy (non-hydrogen) atoms. The number of aryl methyl sites for hydroxylation is 1. The van der Waals surface area contributed by atoms with Crippen molar-refractivity contribution in [2.24, 2.45) is 0 Å². The van der Waals surface area contributed by atoms with E-state index in [2.05, 4.69) is 9.71 Å². The highest BCUT2D eigenvalue weighted by atomic mass is 32.2. The van der Waals surface area contributed by atoms with Crippen LogP contribution >= 0.6 is 0 Å². The molecule has 1 aliphatic carbocycles. The topological polar surface area (TPSA) is 59.1 Å². The summed E-state index contributed by atoms with van der Waals surface area (Å²) in [6.45, 7) is 1.56. The quantitative estimate of drug-likeness (QED) is 0.817. The maximum Gasteiger partial charge on any atom is 0.242 e. The number of hydrogen-bond acceptors (Lipinski definition) is 3. The van der Waals surface area contributed by atoms with Gasteiger partial charge in [-0.3, -0.25) is 0 Å². The van der Waals surface area contributed by atoms with Gasteiger partial charge in [0, 0.05) is 6.04 Å². The Kier molecular flexibility index (Phi) is 2.94. The number of halogens is 1. The Hall–Kier alpha value is -1.01. The molecule has 0 aromatic carbocycles. The zero-order chi connectivity index (χ0) is 11.8. The van der Waals surface area contributed by atoms with E-state index in [1.165, 1.54) is 0 Å². The number of pyridine rings is 1. The Morgan fingerprint density at radius 1 is 1.50 bits per heavy atom. The number of hydrogen-bond donors (Lipinski definition) is 1. The monoisotopic (exact) mass is 244 g/mol. The Morgan fingerprint density at radius 2 is 2.19 bits per heavy atom. The molecule has 0 bridgehead atoms. The lowest BCUT2D eigenvalue weighted by Crippen LogP contribution is -2.39. The molecule has 0 atom stereocenters. The number of nitrogens with zero attached hydrogens (tertiary/aromatic N) is 1. The first-order valence-electron chi connectivity index (χ1n) is 5.13. The minimum Gasteiger partial charge on any atom is -0.227 e. The lowest BCUT2D eigenvalue weighted by Gasteiger charge is -2.26. The van der Waals surface area contributed by atoms with Gasteiger partial charge < -0.3 is 0 Å². The molecule has 0 saturated heterocycles. The van der Waals surface area contributed by atoms with E-state index >= 15 is 0 Å². The van der Waals surface area contributed by atoms with E-state index in [-0.39, 0.29) is 10.9 Å². The summed E-state index contributed by atoms with van der Waals surface area (Å²) in [6, 6.07) is 1.14. The predicted molar refractivity (Wildman–Crippen MR) is 56.9 cm³/mol. The van der Waals surface area contributed by atoms with Crippen molar-refractivity contribution in [3.63, 3.8) is 0 Å². The summed E-state index contributed by atoms with van der Waals surface area (Å²) in [5.41, 5.74) is 0.374. The highest BCUT2D eigenvalue weighted by Gasteiger charge is 2.26. The molecule has 0 aliphatic heterocycles. The van der Waals surface area contributed by atoms with Gasteiger partial charge in [0.2, 0.25) is 16.0 Å². The Balaban J connectivity index is 2.27. The summed E-state index contributed by atoms with van der Waals surface area (Å²) in [5.74, 6) is -0.667. The van der Waals surface area contributed by atoms with E-state index in [9.17, 15) is 12.8 Å². The molecule has 1 N–H and O–H groups in total. The molecule has 4 nitrogen and oxygen atoms in total. The lowest BCUT2D eigenvalue weighted by molar-refractivity contribution is 0.383. The average Bonchev–Trinajstić information content (AvgIpc) is 2.11. The second kappa shape index (κ2) is 4.10. The molecular weight excluding hydrogens is 231 g/mol. The standard InChI is InChI=1S/C10H13FN2O2S/c1-7-5-10(11)12-6-9(7)16(14,15)13-8-3-2-4-8/h5-6,8,13H,2-4H2,1H3. The van der Waals surface area contributed by atoms with Crippen molar-refractivity contribution in [2.75, 3.05) is 0 Å². The van der Waals surface area contributed by atoms with Gasteiger partial charge in [-0.1, -0.05) is 6.42 Å². The molecule has 6 heteroatoms. The molecule has 0 radical (unpaired) electrons. The van der Waals surface area contributed by atoms with Crippen LogP contribution in [0.5, 0.6) is 0 Å². The highest BCUT2D eigenvalue weighted by Crippen LogP contribution is 2.22. The van der Waals surface area contributed by atoms with Crippen LogP contribution in [-0.4, -0.2) is 19.4 Å². The average molecular weight is 244 g/mol. The van der Waals surface area contributed by atoms with E-state index in [1.54, 1.807) is 6.92 Å². The summed E-state index contributed by atoms with van der Waals surface area (Å²) < 4.78 is 39.1. The molecule has 1 fully saturated rings. The Labute approximate surface area is 93.9 Å². The van der Waals surface area contributed by atoms with Gasteiger partial charge in [0.1, 0.15) is 4.90 Å². The molecule has 1 aromatic heterocycles. The van der Waals surface area contributed by atoms with Crippen molar-refractivity contribution in [3.8, 4) is 0 Å². The van der Waals surface area contributed by atoms with Gasteiger partial charge in [-0.05, 0) is 31.4 Å². The maximum atomic E-state index is 12.7. The first-order chi connectivity index (χ1) is 7.49. The number of aromatic nitrogens is 1. The van der Waals surface area contributed by atoms with Crippen LogP contribution in [0.1, 0.15) is 24.8 Å². The summed E-state index contributed by atoms with van der Waals surface area (Å²) in [6.07, 6.45) is 3.85. The van der Waals surface area contributed by atoms with E-state index in [0.29, 0.717) is 5.56 Å². The third-order valence-electron chi connectivity index (χ3n) is 2.75. The van der Waals surface area contributed by atoms with Gasteiger partial charge in [-0.15, -0.1) is 0 Å². The first-order valence-corrected chi connectivity index (χ1v) is 6.62. The number of rotatable bonds is 3. The Morgan fingerprint density at radius 3 is 2.69 bits per heavy atom. The van der Waals surface area contributed by atoms with Crippen molar-refractivity contribution < 1.29 is 12.8 Å². The second-order valence-electron chi connectivity index (χ2n) is 4.02. The smallest absolute Gasteiger partial charge is 0.227 e. The molecule has 2 rings (SSSR count). The molecule has 1 aromatic rings. The van der Waals surface area contributed by atoms with Crippen LogP contribution in [0.15, 0.2) is 17.2 Å². The van der Waals surface area contributed by atoms with E-state index in [0.717, 1.165) is 31.5 Å². The van der Waals surface area contributed by atoms with Crippen LogP contribution in [0.4, 0.5) is 4.39 Å². The van der Waals surface area contributed by atoms with Crippen LogP contribution in [0, 0.1) is 12.9 Å². The SMILES string of the molecule is Cc1cc(F)ncc1S(=O)(=O)NC1CCC1. The summed E-state index contributed by atoms with van der Waals surface area (Å²) in [7, 11) is -3.55. The summed E-state index contributed by atoms with van der Waals surface area (Å²) in [5, 5.41) is 0. The van der Waals surface area contributed by atoms with Gasteiger partial charge >= 0.3 is 0 Å². The number of sulfonamides is 1. The fourth-order valence-electron chi connectivity index (χ4n) is 1.60. The largest absolute Gasteiger partial charge is 0.242 e. The molecule has 88 valence electrons. The number of nitrogens with one attached hydrogen (secondary N) is 1. The van der Waals surface area contributed by atoms with Crippen molar-refractivity contribution >= 4 is 10.0 Å². The van der Waals surface area contributed by atoms with Crippen LogP contribution in [-0.2, 0) is 10.0 Å². The van der Waals surface area contributed by atoms with Gasteiger partial charge in [0.25, 0.3) is 0 Å². The van der Waals surface area contributed by atoms with Crippen LogP contribution in [0.25, 0.3) is 0 Å². The van der Waals surface area contributed by atoms with Crippen molar-refractivity contribution in [2.45, 2.75) is 37.1 Å². The molecule has 0 spiro atoms. The summed E-state index contributed by atoms with van der Waals surface area (Å²) in [4.78, 5) is 3.43. The highest BCUT2D eigenvalue weighted by molar-refractivity contribution is 7.89. The third-order valence-corrected chi connectivity index (χ3v) is 4.40. The second-order valence-corrected chi connectivity index (χ2v) is 5.70. The van der Waals surface area contributed by atoms with E-state index in [1.807, 2.05) is 0 Å². The van der Waals surface area contributed by atoms with E-state index < -0.39 is 16.0 Å². The van der Waals surface area contributed by atoms with E-state index in [4.69, 9.17) is 0 Å². The van der Waals surface area contributed by atoms with Gasteiger partial charge in [0.05, 0.1) is 6.20 Å². The van der Waals surface area contributed by atoms with Crippen LogP contribution in [0.3, 0.4) is 0 Å². The zero-order valence-corrected chi connectivity index (χ0v) is 9.72. The Bertz CT molecular complexity index is 498. The molecule has 1 aliphatic rings. The van der Waals surface area contributed by atoms with Gasteiger partial charge in [0.15, 0.2) is 0 Å². The fourth-order valence-corrected chi connectivity index (χ4v) is 3.08. The van der Waals surface area contributed by atoms with Crippen LogP contribution in [0.2, 0.25) is 0 Å². The minimum atomic E-state index is -3.55. The molecule has 0 unspecified atom stereocenters. The lowest BCUT2D eigenvalue weighted by atomic mass is 9.94. The zero-order valence-electron chi connectivity index (χ0n) is 8.90. The van der Waals surface area contributed by atoms with Crippen molar-refractivity contribution in [1.82, 2.24) is 9.71 Å². The summed E-state index contributed by atoms with van der Waals surface area (Å²) >= 11 is 0. The maximum absolute atomic E-state index is 12.7. The molecule has 0 amide bonds. The third kappa shape index (κ3) is 2.22. The van der Waals surface area contributed by atoms with Gasteiger partial charge in [-0.2, -0.15) is 4.39 Å². The van der Waals surface area contributed by atoms with Crippen LogP contribution < -0.4 is 4.72 Å². The minimum absolute atomic E-state index is 0.0226. The van der Waals surface area contributed by atoms with Crippen molar-refractivity contribution in [3.05, 3.63) is 23.8 Å². The van der Waals surface area contributed by atoms with Crippen molar-refractivity contribution in [1.29, 1.82) is 0 Å².